The molecule has 1 unspecified atom stereocenters. The van der Waals surface area contributed by atoms with Crippen molar-refractivity contribution in [1.82, 2.24) is 10.2 Å². The minimum Gasteiger partial charge on any atom is -0.463 e. The monoisotopic (exact) mass is 270 g/mol. The minimum absolute atomic E-state index is 0.0707. The Labute approximate surface area is 106 Å². The predicted molar refractivity (Wildman–Crippen MR) is 64.2 cm³/mol. The summed E-state index contributed by atoms with van der Waals surface area (Å²) in [5.41, 5.74) is 1.68. The molecule has 1 atom stereocenters. The van der Waals surface area contributed by atoms with Gasteiger partial charge in [-0.2, -0.15) is 0 Å². The van der Waals surface area contributed by atoms with Crippen molar-refractivity contribution in [2.45, 2.75) is 16.5 Å². The first-order chi connectivity index (χ1) is 8.20. The normalized spacial score (nSPS) is 12.4. The summed E-state index contributed by atoms with van der Waals surface area (Å²) in [7, 11) is 1.32. The lowest BCUT2D eigenvalue weighted by molar-refractivity contribution is 0.0563. The zero-order valence-electron chi connectivity index (χ0n) is 9.25. The van der Waals surface area contributed by atoms with Gasteiger partial charge in [0.2, 0.25) is 5.76 Å². The van der Waals surface area contributed by atoms with Crippen molar-refractivity contribution in [1.29, 1.82) is 0 Å². The van der Waals surface area contributed by atoms with Crippen LogP contribution in [0.3, 0.4) is 0 Å². The summed E-state index contributed by atoms with van der Waals surface area (Å²) < 4.78 is 10.9. The molecule has 2 aromatic heterocycles. The summed E-state index contributed by atoms with van der Waals surface area (Å²) in [6.45, 7) is 1.98. The van der Waals surface area contributed by atoms with Crippen LogP contribution in [0.1, 0.15) is 28.5 Å². The van der Waals surface area contributed by atoms with E-state index in [1.807, 2.05) is 6.92 Å². The lowest BCUT2D eigenvalue weighted by Gasteiger charge is -2.04. The van der Waals surface area contributed by atoms with Gasteiger partial charge in [0.25, 0.3) is 0 Å². The third-order valence-corrected chi connectivity index (χ3v) is 3.96. The van der Waals surface area contributed by atoms with Gasteiger partial charge in [-0.3, -0.25) is 0 Å². The number of hydrogen-bond donors (Lipinski definition) is 0. The number of rotatable bonds is 4. The Bertz CT molecular complexity index is 495. The maximum Gasteiger partial charge on any atom is 0.373 e. The Balaban J connectivity index is 2.07. The Morgan fingerprint density at radius 2 is 2.41 bits per heavy atom. The second-order valence-electron chi connectivity index (χ2n) is 3.16. The number of furan rings is 1. The zero-order valence-corrected chi connectivity index (χ0v) is 10.9. The molecule has 0 aliphatic carbocycles. The summed E-state index contributed by atoms with van der Waals surface area (Å²) in [5, 5.41) is 7.77. The standard InChI is InChI=1S/C10H10N2O3S2/c1-6(17-10-12-11-5-16-10)7-3-4-8(15-7)9(13)14-2/h3-6H,1-2H3. The molecule has 0 N–H and O–H groups in total. The van der Waals surface area contributed by atoms with Crippen molar-refractivity contribution in [2.24, 2.45) is 0 Å². The van der Waals surface area contributed by atoms with Gasteiger partial charge in [-0.25, -0.2) is 4.79 Å². The van der Waals surface area contributed by atoms with Gasteiger partial charge >= 0.3 is 5.97 Å². The molecule has 2 aromatic rings. The van der Waals surface area contributed by atoms with E-state index in [1.54, 1.807) is 17.6 Å². The number of aromatic nitrogens is 2. The van der Waals surface area contributed by atoms with Gasteiger partial charge in [0.05, 0.1) is 12.4 Å². The molecular formula is C10H10N2O3S2. The highest BCUT2D eigenvalue weighted by Crippen LogP contribution is 2.35. The molecule has 2 heterocycles. The average Bonchev–Trinajstić information content (AvgIpc) is 2.98. The second-order valence-corrected chi connectivity index (χ2v) is 5.58. The lowest BCUT2D eigenvalue weighted by Crippen LogP contribution is -1.98. The molecule has 7 heteroatoms. The molecule has 2 rings (SSSR count). The first-order valence-corrected chi connectivity index (χ1v) is 6.57. The first kappa shape index (κ1) is 12.1. The van der Waals surface area contributed by atoms with Gasteiger partial charge in [0.15, 0.2) is 4.34 Å². The minimum atomic E-state index is -0.468. The summed E-state index contributed by atoms with van der Waals surface area (Å²) in [5.74, 6) is 0.460. The van der Waals surface area contributed by atoms with Crippen LogP contribution in [0.2, 0.25) is 0 Å². The summed E-state index contributed by atoms with van der Waals surface area (Å²) in [6, 6.07) is 3.38. The molecule has 0 spiro atoms. The average molecular weight is 270 g/mol. The first-order valence-electron chi connectivity index (χ1n) is 4.81. The molecule has 0 amide bonds. The molecule has 0 saturated heterocycles. The van der Waals surface area contributed by atoms with Crippen molar-refractivity contribution < 1.29 is 13.9 Å². The number of ether oxygens (including phenoxy) is 1. The zero-order chi connectivity index (χ0) is 12.3. The van der Waals surface area contributed by atoms with Crippen molar-refractivity contribution in [2.75, 3.05) is 7.11 Å². The molecule has 17 heavy (non-hydrogen) atoms. The molecule has 90 valence electrons. The highest BCUT2D eigenvalue weighted by Gasteiger charge is 2.17. The number of hydrogen-bond acceptors (Lipinski definition) is 7. The van der Waals surface area contributed by atoms with Crippen LogP contribution in [-0.4, -0.2) is 23.3 Å². The summed E-state index contributed by atoms with van der Waals surface area (Å²) in [4.78, 5) is 11.2. The van der Waals surface area contributed by atoms with Crippen LogP contribution in [0.25, 0.3) is 0 Å². The molecule has 5 nitrogen and oxygen atoms in total. The highest BCUT2D eigenvalue weighted by molar-refractivity contribution is 8.01. The predicted octanol–water partition coefficient (Wildman–Crippen LogP) is 2.77. The van der Waals surface area contributed by atoms with E-state index in [0.29, 0.717) is 5.76 Å². The second kappa shape index (κ2) is 5.33. The molecule has 0 bridgehead atoms. The fourth-order valence-corrected chi connectivity index (χ4v) is 2.91. The van der Waals surface area contributed by atoms with E-state index in [2.05, 4.69) is 14.9 Å². The van der Waals surface area contributed by atoms with Gasteiger partial charge in [0.1, 0.15) is 11.3 Å². The van der Waals surface area contributed by atoms with Crippen LogP contribution in [0, 0.1) is 0 Å². The van der Waals surface area contributed by atoms with Crippen LogP contribution < -0.4 is 0 Å². The van der Waals surface area contributed by atoms with Crippen LogP contribution in [0.15, 0.2) is 26.4 Å². The maximum atomic E-state index is 11.2. The van der Waals surface area contributed by atoms with E-state index in [9.17, 15) is 4.79 Å². The summed E-state index contributed by atoms with van der Waals surface area (Å²) >= 11 is 3.01. The smallest absolute Gasteiger partial charge is 0.373 e. The maximum absolute atomic E-state index is 11.2. The molecule has 0 aliphatic rings. The molecular weight excluding hydrogens is 260 g/mol. The van der Waals surface area contributed by atoms with Crippen LogP contribution in [-0.2, 0) is 4.74 Å². The lowest BCUT2D eigenvalue weighted by atomic mass is 10.3. The molecule has 0 aliphatic heterocycles. The Morgan fingerprint density at radius 3 is 3.06 bits per heavy atom. The Kier molecular flexibility index (Phi) is 3.80. The number of nitrogens with zero attached hydrogens (tertiary/aromatic N) is 2. The van der Waals surface area contributed by atoms with E-state index in [0.717, 1.165) is 4.34 Å². The van der Waals surface area contributed by atoms with E-state index in [-0.39, 0.29) is 11.0 Å². The molecule has 0 aromatic carbocycles. The van der Waals surface area contributed by atoms with E-state index < -0.39 is 5.97 Å². The Morgan fingerprint density at radius 1 is 1.59 bits per heavy atom. The number of methoxy groups -OCH3 is 1. The Hall–Kier alpha value is -1.34. The van der Waals surface area contributed by atoms with E-state index in [4.69, 9.17) is 4.42 Å². The van der Waals surface area contributed by atoms with Gasteiger partial charge < -0.3 is 9.15 Å². The molecule has 0 saturated carbocycles. The van der Waals surface area contributed by atoms with Crippen molar-refractivity contribution in [3.05, 3.63) is 29.2 Å². The van der Waals surface area contributed by atoms with E-state index >= 15 is 0 Å². The quantitative estimate of drug-likeness (QED) is 0.628. The summed E-state index contributed by atoms with van der Waals surface area (Å²) in [6.07, 6.45) is 0. The highest BCUT2D eigenvalue weighted by atomic mass is 32.2. The third-order valence-electron chi connectivity index (χ3n) is 2.03. The van der Waals surface area contributed by atoms with Crippen molar-refractivity contribution >= 4 is 29.1 Å². The molecule has 0 fully saturated rings. The van der Waals surface area contributed by atoms with Crippen LogP contribution >= 0.6 is 23.1 Å². The fraction of sp³-hybridized carbons (Fsp3) is 0.300. The van der Waals surface area contributed by atoms with Crippen LogP contribution in [0.4, 0.5) is 0 Å². The van der Waals surface area contributed by atoms with Crippen molar-refractivity contribution in [3.8, 4) is 0 Å². The van der Waals surface area contributed by atoms with E-state index in [1.165, 1.54) is 30.2 Å². The van der Waals surface area contributed by atoms with Gasteiger partial charge in [-0.1, -0.05) is 23.1 Å². The number of esters is 1. The van der Waals surface area contributed by atoms with Crippen LogP contribution in [0.5, 0.6) is 0 Å². The topological polar surface area (TPSA) is 65.2 Å². The van der Waals surface area contributed by atoms with Gasteiger partial charge in [-0.15, -0.1) is 10.2 Å². The number of carbonyl (C=O) groups excluding carboxylic acids is 1. The SMILES string of the molecule is COC(=O)c1ccc(C(C)Sc2nncs2)o1. The number of carbonyl (C=O) groups is 1. The van der Waals surface area contributed by atoms with Gasteiger partial charge in [0, 0.05) is 0 Å². The number of thioether (sulfide) groups is 1. The van der Waals surface area contributed by atoms with Crippen molar-refractivity contribution in [3.63, 3.8) is 0 Å². The fourth-order valence-electron chi connectivity index (χ4n) is 1.21. The van der Waals surface area contributed by atoms with Gasteiger partial charge in [-0.05, 0) is 19.1 Å². The largest absolute Gasteiger partial charge is 0.463 e. The molecule has 0 radical (unpaired) electrons. The third kappa shape index (κ3) is 2.86.